The number of carbonyl (C=O) groups excluding carboxylic acids is 1. The molecule has 0 saturated carbocycles. The standard InChI is InChI=1S/C20H23F2NO4S/c1-4-16(5-2)23(28(25,26)17-9-7-15(21)8-10-17)13-14-6-11-18(19(22)12-14)20(24)27-3/h6-12,16H,4-5,13H2,1-3H3. The molecule has 0 spiro atoms. The van der Waals surface area contributed by atoms with Gasteiger partial charge in [-0.15, -0.1) is 0 Å². The molecule has 0 atom stereocenters. The molecule has 0 heterocycles. The number of benzene rings is 2. The van der Waals surface area contributed by atoms with Gasteiger partial charge in [-0.25, -0.2) is 22.0 Å². The number of carbonyl (C=O) groups is 1. The van der Waals surface area contributed by atoms with Gasteiger partial charge in [0.1, 0.15) is 11.6 Å². The molecule has 0 aromatic heterocycles. The van der Waals surface area contributed by atoms with Crippen LogP contribution in [0.1, 0.15) is 42.6 Å². The Morgan fingerprint density at radius 3 is 2.18 bits per heavy atom. The second-order valence-corrected chi connectivity index (χ2v) is 8.17. The summed E-state index contributed by atoms with van der Waals surface area (Å²) in [5.74, 6) is -2.12. The van der Waals surface area contributed by atoms with Crippen molar-refractivity contribution in [1.82, 2.24) is 4.31 Å². The van der Waals surface area contributed by atoms with Crippen molar-refractivity contribution in [3.05, 3.63) is 65.2 Å². The van der Waals surface area contributed by atoms with Crippen molar-refractivity contribution in [2.45, 2.75) is 44.2 Å². The van der Waals surface area contributed by atoms with Crippen LogP contribution in [0.3, 0.4) is 0 Å². The van der Waals surface area contributed by atoms with E-state index in [9.17, 15) is 22.0 Å². The molecule has 0 N–H and O–H groups in total. The van der Waals surface area contributed by atoms with Gasteiger partial charge < -0.3 is 4.74 Å². The number of methoxy groups -OCH3 is 1. The van der Waals surface area contributed by atoms with E-state index in [1.54, 1.807) is 0 Å². The Morgan fingerprint density at radius 1 is 1.07 bits per heavy atom. The van der Waals surface area contributed by atoms with Gasteiger partial charge >= 0.3 is 5.97 Å². The van der Waals surface area contributed by atoms with E-state index in [1.807, 2.05) is 13.8 Å². The van der Waals surface area contributed by atoms with Crippen LogP contribution in [0.4, 0.5) is 8.78 Å². The summed E-state index contributed by atoms with van der Waals surface area (Å²) in [4.78, 5) is 11.5. The van der Waals surface area contributed by atoms with Gasteiger partial charge in [-0.05, 0) is 54.8 Å². The van der Waals surface area contributed by atoms with Crippen molar-refractivity contribution in [3.8, 4) is 0 Å². The van der Waals surface area contributed by atoms with Gasteiger partial charge in [-0.2, -0.15) is 4.31 Å². The first kappa shape index (κ1) is 22.0. The fraction of sp³-hybridized carbons (Fsp3) is 0.350. The van der Waals surface area contributed by atoms with Crippen LogP contribution in [0.2, 0.25) is 0 Å². The summed E-state index contributed by atoms with van der Waals surface area (Å²) < 4.78 is 59.6. The van der Waals surface area contributed by atoms with E-state index >= 15 is 0 Å². The maximum absolute atomic E-state index is 14.3. The van der Waals surface area contributed by atoms with Crippen LogP contribution in [0.5, 0.6) is 0 Å². The first-order valence-corrected chi connectivity index (χ1v) is 10.3. The molecule has 2 aromatic carbocycles. The van der Waals surface area contributed by atoms with E-state index in [-0.39, 0.29) is 23.0 Å². The lowest BCUT2D eigenvalue weighted by Gasteiger charge is -2.30. The molecule has 0 radical (unpaired) electrons. The SMILES string of the molecule is CCC(CC)N(Cc1ccc(C(=O)OC)c(F)c1)S(=O)(=O)c1ccc(F)cc1. The number of halogens is 2. The van der Waals surface area contributed by atoms with Crippen LogP contribution in [-0.4, -0.2) is 31.8 Å². The lowest BCUT2D eigenvalue weighted by molar-refractivity contribution is 0.0595. The van der Waals surface area contributed by atoms with Crippen LogP contribution in [0.15, 0.2) is 47.4 Å². The minimum Gasteiger partial charge on any atom is -0.465 e. The largest absolute Gasteiger partial charge is 0.465 e. The summed E-state index contributed by atoms with van der Waals surface area (Å²) in [6.45, 7) is 3.65. The van der Waals surface area contributed by atoms with Crippen LogP contribution in [0, 0.1) is 11.6 Å². The highest BCUT2D eigenvalue weighted by Gasteiger charge is 2.30. The molecule has 0 amide bonds. The molecule has 8 heteroatoms. The molecule has 5 nitrogen and oxygen atoms in total. The Morgan fingerprint density at radius 2 is 1.68 bits per heavy atom. The third-order valence-electron chi connectivity index (χ3n) is 4.55. The Balaban J connectivity index is 2.43. The van der Waals surface area contributed by atoms with Crippen LogP contribution in [-0.2, 0) is 21.3 Å². The summed E-state index contributed by atoms with van der Waals surface area (Å²) in [5, 5.41) is 0. The van der Waals surface area contributed by atoms with Gasteiger partial charge in [0.15, 0.2) is 0 Å². The average Bonchev–Trinajstić information content (AvgIpc) is 2.68. The van der Waals surface area contributed by atoms with Crippen LogP contribution in [0.25, 0.3) is 0 Å². The third kappa shape index (κ3) is 4.74. The lowest BCUT2D eigenvalue weighted by atomic mass is 10.1. The number of ether oxygens (including phenoxy) is 1. The van der Waals surface area contributed by atoms with Crippen molar-refractivity contribution < 1.29 is 26.7 Å². The highest BCUT2D eigenvalue weighted by Crippen LogP contribution is 2.25. The van der Waals surface area contributed by atoms with Gasteiger partial charge in [0.2, 0.25) is 10.0 Å². The van der Waals surface area contributed by atoms with Crippen LogP contribution < -0.4 is 0 Å². The molecule has 0 aliphatic rings. The van der Waals surface area contributed by atoms with Gasteiger partial charge in [-0.1, -0.05) is 19.9 Å². The number of sulfonamides is 1. The summed E-state index contributed by atoms with van der Waals surface area (Å²) >= 11 is 0. The summed E-state index contributed by atoms with van der Waals surface area (Å²) in [6.07, 6.45) is 1.11. The molecule has 2 aromatic rings. The van der Waals surface area contributed by atoms with E-state index in [2.05, 4.69) is 4.74 Å². The van der Waals surface area contributed by atoms with Crippen molar-refractivity contribution in [1.29, 1.82) is 0 Å². The normalized spacial score (nSPS) is 11.8. The molecular formula is C20H23F2NO4S. The fourth-order valence-corrected chi connectivity index (χ4v) is 4.72. The quantitative estimate of drug-likeness (QED) is 0.613. The monoisotopic (exact) mass is 411 g/mol. The average molecular weight is 411 g/mol. The third-order valence-corrected chi connectivity index (χ3v) is 6.46. The van der Waals surface area contributed by atoms with Crippen molar-refractivity contribution in [2.24, 2.45) is 0 Å². The van der Waals surface area contributed by atoms with E-state index in [0.29, 0.717) is 18.4 Å². The van der Waals surface area contributed by atoms with Gasteiger partial charge in [-0.3, -0.25) is 0 Å². The van der Waals surface area contributed by atoms with Gasteiger partial charge in [0, 0.05) is 12.6 Å². The maximum atomic E-state index is 14.3. The number of esters is 1. The zero-order valence-corrected chi connectivity index (χ0v) is 16.8. The minimum atomic E-state index is -3.93. The number of hydrogen-bond acceptors (Lipinski definition) is 4. The zero-order valence-electron chi connectivity index (χ0n) is 16.0. The predicted octanol–water partition coefficient (Wildman–Crippen LogP) is 4.13. The number of rotatable bonds is 8. The van der Waals surface area contributed by atoms with Crippen molar-refractivity contribution in [2.75, 3.05) is 7.11 Å². The molecule has 0 aliphatic heterocycles. The summed E-state index contributed by atoms with van der Waals surface area (Å²) in [5.41, 5.74) is 0.171. The van der Waals surface area contributed by atoms with E-state index in [0.717, 1.165) is 25.3 Å². The van der Waals surface area contributed by atoms with Crippen molar-refractivity contribution in [3.63, 3.8) is 0 Å². The van der Waals surface area contributed by atoms with E-state index in [1.165, 1.54) is 28.6 Å². The second-order valence-electron chi connectivity index (χ2n) is 6.28. The highest BCUT2D eigenvalue weighted by molar-refractivity contribution is 7.89. The zero-order chi connectivity index (χ0) is 20.9. The molecule has 0 saturated heterocycles. The Labute approximate surface area is 164 Å². The second kappa shape index (κ2) is 9.25. The molecule has 0 bridgehead atoms. The molecule has 152 valence electrons. The lowest BCUT2D eigenvalue weighted by Crippen LogP contribution is -2.39. The topological polar surface area (TPSA) is 63.7 Å². The van der Waals surface area contributed by atoms with Crippen molar-refractivity contribution >= 4 is 16.0 Å². The van der Waals surface area contributed by atoms with Gasteiger partial charge in [0.05, 0.1) is 17.6 Å². The first-order valence-electron chi connectivity index (χ1n) is 8.88. The molecule has 0 fully saturated rings. The molecule has 28 heavy (non-hydrogen) atoms. The Kier molecular flexibility index (Phi) is 7.26. The minimum absolute atomic E-state index is 0.0348. The Bertz CT molecular complexity index is 926. The summed E-state index contributed by atoms with van der Waals surface area (Å²) in [6, 6.07) is 8.16. The molecule has 2 rings (SSSR count). The fourth-order valence-electron chi connectivity index (χ4n) is 2.96. The highest BCUT2D eigenvalue weighted by atomic mass is 32.2. The molecule has 0 unspecified atom stereocenters. The molecular weight excluding hydrogens is 388 g/mol. The summed E-state index contributed by atoms with van der Waals surface area (Å²) in [7, 11) is -2.78. The first-order chi connectivity index (χ1) is 13.2. The van der Waals surface area contributed by atoms with Crippen LogP contribution >= 0.6 is 0 Å². The van der Waals surface area contributed by atoms with E-state index in [4.69, 9.17) is 0 Å². The Hall–Kier alpha value is -2.32. The predicted molar refractivity (Wildman–Crippen MR) is 101 cm³/mol. The molecule has 0 aliphatic carbocycles. The number of nitrogens with zero attached hydrogens (tertiary/aromatic N) is 1. The van der Waals surface area contributed by atoms with Gasteiger partial charge in [0.25, 0.3) is 0 Å². The number of hydrogen-bond donors (Lipinski definition) is 0. The van der Waals surface area contributed by atoms with E-state index < -0.39 is 27.6 Å². The maximum Gasteiger partial charge on any atom is 0.340 e. The smallest absolute Gasteiger partial charge is 0.340 e.